The van der Waals surface area contributed by atoms with Gasteiger partial charge in [0.2, 0.25) is 0 Å². The van der Waals surface area contributed by atoms with Crippen molar-refractivity contribution in [1.82, 2.24) is 5.43 Å². The standard InChI is InChI=1S/C18H19BrN2O4/c1-12(16-10-14(23-2)7-8-17(16)24-3)20-21-18(22)11-25-15-6-4-5-13(19)9-15/h4-10H,11H2,1-3H3,(H,21,22)/b20-12-. The number of rotatable bonds is 7. The number of carbonyl (C=O) groups is 1. The normalized spacial score (nSPS) is 11.0. The highest BCUT2D eigenvalue weighted by Gasteiger charge is 2.09. The molecule has 0 aliphatic rings. The highest BCUT2D eigenvalue weighted by Crippen LogP contribution is 2.24. The van der Waals surface area contributed by atoms with Crippen LogP contribution in [0.25, 0.3) is 0 Å². The minimum atomic E-state index is -0.360. The highest BCUT2D eigenvalue weighted by atomic mass is 79.9. The van der Waals surface area contributed by atoms with Crippen molar-refractivity contribution in [2.24, 2.45) is 5.10 Å². The van der Waals surface area contributed by atoms with Gasteiger partial charge in [-0.1, -0.05) is 22.0 Å². The van der Waals surface area contributed by atoms with Crippen LogP contribution in [-0.4, -0.2) is 32.4 Å². The van der Waals surface area contributed by atoms with Gasteiger partial charge in [0.25, 0.3) is 5.91 Å². The summed E-state index contributed by atoms with van der Waals surface area (Å²) in [6.07, 6.45) is 0. The molecular weight excluding hydrogens is 388 g/mol. The molecule has 6 nitrogen and oxygen atoms in total. The molecule has 2 rings (SSSR count). The van der Waals surface area contributed by atoms with Crippen LogP contribution in [0.5, 0.6) is 17.2 Å². The summed E-state index contributed by atoms with van der Waals surface area (Å²) in [4.78, 5) is 11.9. The molecule has 0 saturated carbocycles. The van der Waals surface area contributed by atoms with Gasteiger partial charge in [-0.25, -0.2) is 5.43 Å². The Morgan fingerprint density at radius 1 is 1.12 bits per heavy atom. The van der Waals surface area contributed by atoms with Gasteiger partial charge in [0.15, 0.2) is 6.61 Å². The number of amides is 1. The average Bonchev–Trinajstić information content (AvgIpc) is 2.63. The summed E-state index contributed by atoms with van der Waals surface area (Å²) >= 11 is 3.35. The summed E-state index contributed by atoms with van der Waals surface area (Å²) in [7, 11) is 3.15. The Balaban J connectivity index is 1.99. The van der Waals surface area contributed by atoms with E-state index in [4.69, 9.17) is 14.2 Å². The number of hydrogen-bond donors (Lipinski definition) is 1. The molecule has 0 saturated heterocycles. The van der Waals surface area contributed by atoms with Gasteiger partial charge in [-0.3, -0.25) is 4.79 Å². The van der Waals surface area contributed by atoms with Crippen LogP contribution in [0.15, 0.2) is 52.0 Å². The molecule has 0 aromatic heterocycles. The molecule has 1 amide bonds. The molecule has 0 fully saturated rings. The van der Waals surface area contributed by atoms with E-state index in [1.54, 1.807) is 51.5 Å². The van der Waals surface area contributed by atoms with Crippen LogP contribution in [0.4, 0.5) is 0 Å². The fourth-order valence-corrected chi connectivity index (χ4v) is 2.42. The number of nitrogens with one attached hydrogen (secondary N) is 1. The second-order valence-corrected chi connectivity index (χ2v) is 5.96. The first-order valence-corrected chi connectivity index (χ1v) is 8.26. The SMILES string of the molecule is COc1ccc(OC)c(/C(C)=N\NC(=O)COc2cccc(Br)c2)c1. The molecule has 2 aromatic rings. The van der Waals surface area contributed by atoms with E-state index in [-0.39, 0.29) is 12.5 Å². The first kappa shape index (κ1) is 18.8. The van der Waals surface area contributed by atoms with Crippen molar-refractivity contribution in [3.8, 4) is 17.2 Å². The van der Waals surface area contributed by atoms with Crippen molar-refractivity contribution >= 4 is 27.5 Å². The van der Waals surface area contributed by atoms with Gasteiger partial charge >= 0.3 is 0 Å². The van der Waals surface area contributed by atoms with E-state index in [1.165, 1.54) is 0 Å². The predicted molar refractivity (Wildman–Crippen MR) is 99.5 cm³/mol. The lowest BCUT2D eigenvalue weighted by Gasteiger charge is -2.10. The fourth-order valence-electron chi connectivity index (χ4n) is 2.04. The van der Waals surface area contributed by atoms with E-state index >= 15 is 0 Å². The van der Waals surface area contributed by atoms with Gasteiger partial charge in [0.1, 0.15) is 17.2 Å². The van der Waals surface area contributed by atoms with Crippen molar-refractivity contribution in [2.45, 2.75) is 6.92 Å². The minimum Gasteiger partial charge on any atom is -0.497 e. The molecule has 0 spiro atoms. The molecule has 0 unspecified atom stereocenters. The Morgan fingerprint density at radius 3 is 2.60 bits per heavy atom. The maximum Gasteiger partial charge on any atom is 0.277 e. The molecule has 0 radical (unpaired) electrons. The Kier molecular flexibility index (Phi) is 6.82. The summed E-state index contributed by atoms with van der Waals surface area (Å²) in [5, 5.41) is 4.10. The number of ether oxygens (including phenoxy) is 3. The summed E-state index contributed by atoms with van der Waals surface area (Å²) in [6.45, 7) is 1.63. The zero-order valence-electron chi connectivity index (χ0n) is 14.2. The predicted octanol–water partition coefficient (Wildman–Crippen LogP) is 3.39. The molecule has 0 aliphatic heterocycles. The smallest absolute Gasteiger partial charge is 0.277 e. The molecule has 0 bridgehead atoms. The first-order valence-electron chi connectivity index (χ1n) is 7.47. The third kappa shape index (κ3) is 5.49. The van der Waals surface area contributed by atoms with Gasteiger partial charge in [-0.15, -0.1) is 0 Å². The Hall–Kier alpha value is -2.54. The number of nitrogens with zero attached hydrogens (tertiary/aromatic N) is 1. The van der Waals surface area contributed by atoms with Gasteiger partial charge in [0, 0.05) is 10.0 Å². The second kappa shape index (κ2) is 9.08. The summed E-state index contributed by atoms with van der Waals surface area (Å²) < 4.78 is 16.8. The zero-order chi connectivity index (χ0) is 18.2. The maximum absolute atomic E-state index is 11.9. The molecule has 2 aromatic carbocycles. The number of halogens is 1. The van der Waals surface area contributed by atoms with Crippen LogP contribution in [-0.2, 0) is 4.79 Å². The Labute approximate surface area is 154 Å². The second-order valence-electron chi connectivity index (χ2n) is 5.04. The van der Waals surface area contributed by atoms with Crippen LogP contribution < -0.4 is 19.6 Å². The summed E-state index contributed by atoms with van der Waals surface area (Å²) in [6, 6.07) is 12.6. The molecule has 0 heterocycles. The van der Waals surface area contributed by atoms with Gasteiger partial charge < -0.3 is 14.2 Å². The van der Waals surface area contributed by atoms with Crippen molar-refractivity contribution in [2.75, 3.05) is 20.8 Å². The minimum absolute atomic E-state index is 0.136. The number of hydrazone groups is 1. The number of carbonyl (C=O) groups excluding carboxylic acids is 1. The lowest BCUT2D eigenvalue weighted by Crippen LogP contribution is -2.25. The monoisotopic (exact) mass is 406 g/mol. The third-order valence-corrected chi connectivity index (χ3v) is 3.80. The van der Waals surface area contributed by atoms with Gasteiger partial charge in [-0.2, -0.15) is 5.10 Å². The number of hydrogen-bond acceptors (Lipinski definition) is 5. The number of benzene rings is 2. The number of methoxy groups -OCH3 is 2. The molecule has 0 aliphatic carbocycles. The van der Waals surface area contributed by atoms with Crippen molar-refractivity contribution in [3.63, 3.8) is 0 Å². The van der Waals surface area contributed by atoms with Gasteiger partial charge in [0.05, 0.1) is 19.9 Å². The summed E-state index contributed by atoms with van der Waals surface area (Å²) in [5.74, 6) is 1.55. The van der Waals surface area contributed by atoms with Gasteiger partial charge in [-0.05, 0) is 43.3 Å². The molecule has 132 valence electrons. The molecule has 25 heavy (non-hydrogen) atoms. The first-order chi connectivity index (χ1) is 12.0. The Bertz CT molecular complexity index is 777. The molecule has 7 heteroatoms. The lowest BCUT2D eigenvalue weighted by molar-refractivity contribution is -0.123. The van der Waals surface area contributed by atoms with E-state index in [2.05, 4.69) is 26.5 Å². The maximum atomic E-state index is 11.9. The fraction of sp³-hybridized carbons (Fsp3) is 0.222. The van der Waals surface area contributed by atoms with E-state index in [0.717, 1.165) is 10.0 Å². The quantitative estimate of drug-likeness (QED) is 0.565. The lowest BCUT2D eigenvalue weighted by atomic mass is 10.1. The third-order valence-electron chi connectivity index (χ3n) is 3.31. The van der Waals surface area contributed by atoms with Crippen LogP contribution in [0, 0.1) is 0 Å². The topological polar surface area (TPSA) is 69.2 Å². The van der Waals surface area contributed by atoms with E-state index in [9.17, 15) is 4.79 Å². The van der Waals surface area contributed by atoms with Crippen molar-refractivity contribution in [3.05, 3.63) is 52.5 Å². The average molecular weight is 407 g/mol. The highest BCUT2D eigenvalue weighted by molar-refractivity contribution is 9.10. The van der Waals surface area contributed by atoms with Crippen LogP contribution in [0.1, 0.15) is 12.5 Å². The van der Waals surface area contributed by atoms with Crippen molar-refractivity contribution < 1.29 is 19.0 Å². The van der Waals surface area contributed by atoms with Crippen LogP contribution in [0.3, 0.4) is 0 Å². The van der Waals surface area contributed by atoms with Crippen LogP contribution >= 0.6 is 15.9 Å². The van der Waals surface area contributed by atoms with E-state index in [1.807, 2.05) is 12.1 Å². The van der Waals surface area contributed by atoms with E-state index < -0.39 is 0 Å². The van der Waals surface area contributed by atoms with E-state index in [0.29, 0.717) is 23.0 Å². The molecular formula is C18H19BrN2O4. The zero-order valence-corrected chi connectivity index (χ0v) is 15.8. The molecule has 0 atom stereocenters. The largest absolute Gasteiger partial charge is 0.497 e. The summed E-state index contributed by atoms with van der Waals surface area (Å²) in [5.41, 5.74) is 3.79. The van der Waals surface area contributed by atoms with Crippen molar-refractivity contribution in [1.29, 1.82) is 0 Å². The van der Waals surface area contributed by atoms with Crippen LogP contribution in [0.2, 0.25) is 0 Å². The Morgan fingerprint density at radius 2 is 1.92 bits per heavy atom. The molecule has 1 N–H and O–H groups in total.